The van der Waals surface area contributed by atoms with E-state index in [9.17, 15) is 0 Å². The van der Waals surface area contributed by atoms with Gasteiger partial charge < -0.3 is 20.4 Å². The highest BCUT2D eigenvalue weighted by atomic mass is 127. The summed E-state index contributed by atoms with van der Waals surface area (Å²) in [6, 6.07) is 4.13. The van der Waals surface area contributed by atoms with E-state index in [0.29, 0.717) is 11.1 Å². The quantitative estimate of drug-likeness (QED) is 0.194. The van der Waals surface area contributed by atoms with Crippen LogP contribution in [0.1, 0.15) is 45.4 Å². The van der Waals surface area contributed by atoms with Crippen LogP contribution in [0, 0.1) is 0 Å². The molecule has 1 atom stereocenters. The maximum absolute atomic E-state index is 6.29. The molecule has 8 heteroatoms. The Labute approximate surface area is 198 Å². The molecule has 0 bridgehead atoms. The summed E-state index contributed by atoms with van der Waals surface area (Å²) in [6.07, 6.45) is 9.17. The molecule has 1 unspecified atom stereocenters. The summed E-state index contributed by atoms with van der Waals surface area (Å²) in [6.45, 7) is 6.91. The van der Waals surface area contributed by atoms with Crippen molar-refractivity contribution in [1.82, 2.24) is 20.5 Å². The molecule has 0 spiro atoms. The van der Waals surface area contributed by atoms with Gasteiger partial charge in [-0.2, -0.15) is 0 Å². The largest absolute Gasteiger partial charge is 0.357 e. The van der Waals surface area contributed by atoms with Gasteiger partial charge in [-0.05, 0) is 59.0 Å². The van der Waals surface area contributed by atoms with E-state index >= 15 is 0 Å². The Morgan fingerprint density at radius 3 is 2.76 bits per heavy atom. The van der Waals surface area contributed by atoms with Gasteiger partial charge in [-0.3, -0.25) is 4.99 Å². The van der Waals surface area contributed by atoms with Crippen LogP contribution >= 0.6 is 35.6 Å². The molecule has 166 valence electrons. The lowest BCUT2D eigenvalue weighted by molar-refractivity contribution is 0.390. The lowest BCUT2D eigenvalue weighted by Gasteiger charge is -2.20. The first-order valence-corrected chi connectivity index (χ1v) is 11.0. The maximum Gasteiger partial charge on any atom is 0.191 e. The van der Waals surface area contributed by atoms with Crippen LogP contribution in [0.25, 0.3) is 0 Å². The molecule has 0 saturated carbocycles. The number of pyridine rings is 1. The Bertz CT molecular complexity index is 598. The summed E-state index contributed by atoms with van der Waals surface area (Å²) < 4.78 is 0. The summed E-state index contributed by atoms with van der Waals surface area (Å²) >= 11 is 6.29. The summed E-state index contributed by atoms with van der Waals surface area (Å²) in [5, 5.41) is 7.67. The molecule has 0 radical (unpaired) electrons. The number of guanidine groups is 1. The fourth-order valence-electron chi connectivity index (χ4n) is 3.45. The Balaban J connectivity index is 0.00000420. The first kappa shape index (κ1) is 26.2. The Hall–Kier alpha value is -0.800. The monoisotopic (exact) mass is 536 g/mol. The Morgan fingerprint density at radius 2 is 2.03 bits per heavy atom. The van der Waals surface area contributed by atoms with Crippen molar-refractivity contribution in [2.45, 2.75) is 51.5 Å². The van der Waals surface area contributed by atoms with Crippen LogP contribution in [0.3, 0.4) is 0 Å². The summed E-state index contributed by atoms with van der Waals surface area (Å²) in [5.41, 5.74) is 0. The zero-order chi connectivity index (χ0) is 20.2. The average molecular weight is 537 g/mol. The van der Waals surface area contributed by atoms with E-state index in [1.807, 2.05) is 12.1 Å². The van der Waals surface area contributed by atoms with Crippen molar-refractivity contribution in [3.05, 3.63) is 23.4 Å². The summed E-state index contributed by atoms with van der Waals surface area (Å²) in [4.78, 5) is 13.7. The first-order valence-electron chi connectivity index (χ1n) is 10.6. The molecule has 0 aromatic carbocycles. The third-order valence-electron chi connectivity index (χ3n) is 4.95. The molecule has 2 N–H and O–H groups in total. The van der Waals surface area contributed by atoms with Crippen molar-refractivity contribution in [3.8, 4) is 0 Å². The van der Waals surface area contributed by atoms with E-state index < -0.39 is 0 Å². The van der Waals surface area contributed by atoms with Gasteiger partial charge in [0.2, 0.25) is 0 Å². The lowest BCUT2D eigenvalue weighted by atomic mass is 10.1. The standard InChI is InChI=1S/C21H37ClN6.HI/c1-4-23-21(25-13-8-6-5-7-9-15-27(2)3)26-18-12-16-28(17-18)20-19(22)11-10-14-24-20;/h10-11,14,18H,4-9,12-13,15-17H2,1-3H3,(H2,23,25,26);1H. The number of anilines is 1. The fourth-order valence-corrected chi connectivity index (χ4v) is 3.70. The number of aromatic nitrogens is 1. The Kier molecular flexibility index (Phi) is 13.6. The van der Waals surface area contributed by atoms with E-state index in [2.05, 4.69) is 46.4 Å². The molecule has 1 aliphatic heterocycles. The fraction of sp³-hybridized carbons (Fsp3) is 0.714. The number of rotatable bonds is 11. The van der Waals surface area contributed by atoms with Crippen LogP contribution in [0.2, 0.25) is 5.02 Å². The van der Waals surface area contributed by atoms with Gasteiger partial charge >= 0.3 is 0 Å². The van der Waals surface area contributed by atoms with Crippen LogP contribution in [0.15, 0.2) is 23.3 Å². The van der Waals surface area contributed by atoms with Gasteiger partial charge in [0.1, 0.15) is 5.82 Å². The van der Waals surface area contributed by atoms with Crippen molar-refractivity contribution in [1.29, 1.82) is 0 Å². The zero-order valence-electron chi connectivity index (χ0n) is 18.2. The van der Waals surface area contributed by atoms with Crippen molar-refractivity contribution < 1.29 is 0 Å². The molecule has 1 aromatic rings. The van der Waals surface area contributed by atoms with Crippen LogP contribution in [-0.4, -0.2) is 68.7 Å². The van der Waals surface area contributed by atoms with Crippen molar-refractivity contribution in [3.63, 3.8) is 0 Å². The Morgan fingerprint density at radius 1 is 1.28 bits per heavy atom. The molecule has 1 fully saturated rings. The lowest BCUT2D eigenvalue weighted by Crippen LogP contribution is -2.44. The molecule has 1 aromatic heterocycles. The molecule has 2 rings (SSSR count). The number of nitrogens with one attached hydrogen (secondary N) is 2. The second-order valence-corrected chi connectivity index (χ2v) is 8.12. The summed E-state index contributed by atoms with van der Waals surface area (Å²) in [5.74, 6) is 1.80. The predicted octanol–water partition coefficient (Wildman–Crippen LogP) is 4.00. The molecule has 1 saturated heterocycles. The summed E-state index contributed by atoms with van der Waals surface area (Å²) in [7, 11) is 4.27. The second-order valence-electron chi connectivity index (χ2n) is 7.72. The van der Waals surface area contributed by atoms with E-state index in [1.54, 1.807) is 6.20 Å². The molecule has 6 nitrogen and oxygen atoms in total. The number of halogens is 2. The number of aliphatic imine (C=N–C) groups is 1. The van der Waals surface area contributed by atoms with Crippen LogP contribution in [0.4, 0.5) is 5.82 Å². The maximum atomic E-state index is 6.29. The number of hydrogen-bond acceptors (Lipinski definition) is 4. The van der Waals surface area contributed by atoms with Gasteiger partial charge in [0, 0.05) is 38.4 Å². The van der Waals surface area contributed by atoms with Gasteiger partial charge in [-0.15, -0.1) is 24.0 Å². The molecule has 29 heavy (non-hydrogen) atoms. The molecule has 0 amide bonds. The minimum absolute atomic E-state index is 0. The highest BCUT2D eigenvalue weighted by Crippen LogP contribution is 2.25. The van der Waals surface area contributed by atoms with Gasteiger partial charge in [-0.25, -0.2) is 4.98 Å². The third-order valence-corrected chi connectivity index (χ3v) is 5.24. The van der Waals surface area contributed by atoms with Gasteiger partial charge in [0.25, 0.3) is 0 Å². The van der Waals surface area contributed by atoms with E-state index in [1.165, 1.54) is 32.2 Å². The van der Waals surface area contributed by atoms with E-state index in [0.717, 1.165) is 50.8 Å². The molecular formula is C21H38ClIN6. The topological polar surface area (TPSA) is 55.8 Å². The normalized spacial score (nSPS) is 16.8. The number of nitrogens with zero attached hydrogens (tertiary/aromatic N) is 4. The van der Waals surface area contributed by atoms with Crippen molar-refractivity contribution in [2.75, 3.05) is 51.7 Å². The SMILES string of the molecule is CCNC(=NCCCCCCCN(C)C)NC1CCN(c2ncccc2Cl)C1.I. The van der Waals surface area contributed by atoms with E-state index in [-0.39, 0.29) is 24.0 Å². The first-order chi connectivity index (χ1) is 13.6. The van der Waals surface area contributed by atoms with Crippen molar-refractivity contribution in [2.24, 2.45) is 4.99 Å². The smallest absolute Gasteiger partial charge is 0.191 e. The predicted molar refractivity (Wildman–Crippen MR) is 136 cm³/mol. The number of hydrogen-bond donors (Lipinski definition) is 2. The zero-order valence-corrected chi connectivity index (χ0v) is 21.2. The molecule has 1 aliphatic rings. The molecule has 2 heterocycles. The average Bonchev–Trinajstić information content (AvgIpc) is 3.12. The van der Waals surface area contributed by atoms with Gasteiger partial charge in [0.05, 0.1) is 5.02 Å². The van der Waals surface area contributed by atoms with Gasteiger partial charge in [-0.1, -0.05) is 30.9 Å². The molecular weight excluding hydrogens is 499 g/mol. The third kappa shape index (κ3) is 10.2. The second kappa shape index (κ2) is 15.1. The highest BCUT2D eigenvalue weighted by Gasteiger charge is 2.25. The van der Waals surface area contributed by atoms with Crippen LogP contribution in [0.5, 0.6) is 0 Å². The number of unbranched alkanes of at least 4 members (excludes halogenated alkanes) is 4. The minimum atomic E-state index is 0. The minimum Gasteiger partial charge on any atom is -0.357 e. The van der Waals surface area contributed by atoms with E-state index in [4.69, 9.17) is 16.6 Å². The highest BCUT2D eigenvalue weighted by molar-refractivity contribution is 14.0. The van der Waals surface area contributed by atoms with Crippen LogP contribution < -0.4 is 15.5 Å². The molecule has 0 aliphatic carbocycles. The van der Waals surface area contributed by atoms with Crippen molar-refractivity contribution >= 4 is 47.4 Å². The van der Waals surface area contributed by atoms with Gasteiger partial charge in [0.15, 0.2) is 5.96 Å². The van der Waals surface area contributed by atoms with Crippen LogP contribution in [-0.2, 0) is 0 Å².